The molecule has 148 valence electrons. The van der Waals surface area contributed by atoms with Gasteiger partial charge in [0.05, 0.1) is 11.1 Å². The normalized spacial score (nSPS) is 16.5. The highest BCUT2D eigenvalue weighted by molar-refractivity contribution is 6.09. The molecule has 0 aliphatic carbocycles. The summed E-state index contributed by atoms with van der Waals surface area (Å²) in [4.78, 5) is 32.4. The van der Waals surface area contributed by atoms with Gasteiger partial charge >= 0.3 is 0 Å². The van der Waals surface area contributed by atoms with Crippen LogP contribution >= 0.6 is 0 Å². The lowest BCUT2D eigenvalue weighted by Gasteiger charge is -2.25. The van der Waals surface area contributed by atoms with Crippen LogP contribution in [-0.2, 0) is 0 Å². The lowest BCUT2D eigenvalue weighted by molar-refractivity contribution is 0.0992. The first-order valence-corrected chi connectivity index (χ1v) is 9.49. The SMILES string of the molecule is NC(=O)c1cccc(-c2cc(C(N)=O)c3ncnc(N[C@H]4CCCNC4)c3c2)c1. The minimum Gasteiger partial charge on any atom is -0.366 e. The molecule has 4 rings (SSSR count). The van der Waals surface area contributed by atoms with E-state index in [9.17, 15) is 9.59 Å². The van der Waals surface area contributed by atoms with Crippen molar-refractivity contribution in [1.29, 1.82) is 0 Å². The summed E-state index contributed by atoms with van der Waals surface area (Å²) >= 11 is 0. The monoisotopic (exact) mass is 390 g/mol. The Morgan fingerprint density at radius 2 is 1.93 bits per heavy atom. The van der Waals surface area contributed by atoms with Gasteiger partial charge in [0.1, 0.15) is 12.1 Å². The number of primary amides is 2. The molecule has 0 unspecified atom stereocenters. The average Bonchev–Trinajstić information content (AvgIpc) is 2.74. The lowest BCUT2D eigenvalue weighted by Crippen LogP contribution is -2.38. The van der Waals surface area contributed by atoms with Gasteiger partial charge in [0.2, 0.25) is 5.91 Å². The zero-order valence-electron chi connectivity index (χ0n) is 15.8. The summed E-state index contributed by atoms with van der Waals surface area (Å²) in [5.41, 5.74) is 13.7. The number of nitrogens with two attached hydrogens (primary N) is 2. The van der Waals surface area contributed by atoms with Crippen LogP contribution in [0.3, 0.4) is 0 Å². The Kier molecular flexibility index (Phi) is 5.09. The summed E-state index contributed by atoms with van der Waals surface area (Å²) < 4.78 is 0. The maximum absolute atomic E-state index is 12.1. The Morgan fingerprint density at radius 3 is 2.66 bits per heavy atom. The van der Waals surface area contributed by atoms with Gasteiger partial charge in [-0.3, -0.25) is 9.59 Å². The number of aromatic nitrogens is 2. The fraction of sp³-hybridized carbons (Fsp3) is 0.238. The molecule has 2 heterocycles. The second kappa shape index (κ2) is 7.84. The zero-order chi connectivity index (χ0) is 20.4. The van der Waals surface area contributed by atoms with Crippen molar-refractivity contribution in [2.45, 2.75) is 18.9 Å². The van der Waals surface area contributed by atoms with E-state index in [1.165, 1.54) is 6.33 Å². The highest BCUT2D eigenvalue weighted by Gasteiger charge is 2.18. The summed E-state index contributed by atoms with van der Waals surface area (Å²) in [6.07, 6.45) is 3.54. The summed E-state index contributed by atoms with van der Waals surface area (Å²) in [7, 11) is 0. The number of fused-ring (bicyclic) bond motifs is 1. The van der Waals surface area contributed by atoms with E-state index in [1.807, 2.05) is 12.1 Å². The highest BCUT2D eigenvalue weighted by Crippen LogP contribution is 2.31. The van der Waals surface area contributed by atoms with Gasteiger partial charge in [0.15, 0.2) is 0 Å². The minimum atomic E-state index is -0.577. The van der Waals surface area contributed by atoms with Gasteiger partial charge in [-0.2, -0.15) is 0 Å². The van der Waals surface area contributed by atoms with Crippen LogP contribution < -0.4 is 22.1 Å². The lowest BCUT2D eigenvalue weighted by atomic mass is 9.97. The molecular formula is C21H22N6O2. The van der Waals surface area contributed by atoms with E-state index in [0.29, 0.717) is 27.8 Å². The molecule has 8 nitrogen and oxygen atoms in total. The van der Waals surface area contributed by atoms with Gasteiger partial charge in [-0.25, -0.2) is 9.97 Å². The van der Waals surface area contributed by atoms with Crippen LogP contribution in [0.15, 0.2) is 42.7 Å². The molecule has 0 bridgehead atoms. The molecule has 1 atom stereocenters. The second-order valence-corrected chi connectivity index (χ2v) is 7.14. The van der Waals surface area contributed by atoms with E-state index in [0.717, 1.165) is 37.1 Å². The molecule has 1 fully saturated rings. The average molecular weight is 390 g/mol. The predicted molar refractivity (Wildman–Crippen MR) is 112 cm³/mol. The van der Waals surface area contributed by atoms with Gasteiger partial charge in [-0.05, 0) is 54.8 Å². The van der Waals surface area contributed by atoms with E-state index in [1.54, 1.807) is 24.3 Å². The molecule has 1 aromatic heterocycles. The van der Waals surface area contributed by atoms with E-state index in [-0.39, 0.29) is 6.04 Å². The van der Waals surface area contributed by atoms with Crippen LogP contribution in [0.25, 0.3) is 22.0 Å². The molecule has 6 N–H and O–H groups in total. The Balaban J connectivity index is 1.85. The van der Waals surface area contributed by atoms with Crippen molar-refractivity contribution >= 4 is 28.5 Å². The number of amides is 2. The Bertz CT molecular complexity index is 1090. The molecule has 2 amide bonds. The Hall–Kier alpha value is -3.52. The molecule has 1 aliphatic rings. The van der Waals surface area contributed by atoms with E-state index >= 15 is 0 Å². The molecule has 1 saturated heterocycles. The standard InChI is InChI=1S/C21H22N6O2/c22-19(28)13-4-1-3-12(7-13)14-8-16(20(23)29)18-17(9-14)21(26-11-25-18)27-15-5-2-6-24-10-15/h1,3-4,7-9,11,15,24H,2,5-6,10H2,(H2,22,28)(H2,23,29)(H,25,26,27)/t15-/m0/s1. The maximum atomic E-state index is 12.1. The van der Waals surface area contributed by atoms with Gasteiger partial charge in [-0.1, -0.05) is 12.1 Å². The number of hydrogen-bond acceptors (Lipinski definition) is 6. The van der Waals surface area contributed by atoms with Gasteiger partial charge in [-0.15, -0.1) is 0 Å². The smallest absolute Gasteiger partial charge is 0.250 e. The molecule has 0 saturated carbocycles. The first-order valence-electron chi connectivity index (χ1n) is 9.49. The number of benzene rings is 2. The van der Waals surface area contributed by atoms with Gasteiger partial charge < -0.3 is 22.1 Å². The third-order valence-electron chi connectivity index (χ3n) is 5.12. The van der Waals surface area contributed by atoms with Crippen LogP contribution in [0.1, 0.15) is 33.6 Å². The summed E-state index contributed by atoms with van der Waals surface area (Å²) in [6.45, 7) is 1.85. The van der Waals surface area contributed by atoms with Crippen LogP contribution in [-0.4, -0.2) is 40.9 Å². The van der Waals surface area contributed by atoms with Crippen molar-refractivity contribution in [3.63, 3.8) is 0 Å². The summed E-state index contributed by atoms with van der Waals surface area (Å²) in [5.74, 6) is -0.441. The van der Waals surface area contributed by atoms with Crippen molar-refractivity contribution in [1.82, 2.24) is 15.3 Å². The number of anilines is 1. The number of carbonyl (C=O) groups is 2. The number of rotatable bonds is 5. The molecule has 3 aromatic rings. The van der Waals surface area contributed by atoms with Crippen molar-refractivity contribution in [3.8, 4) is 11.1 Å². The van der Waals surface area contributed by atoms with Crippen molar-refractivity contribution in [3.05, 3.63) is 53.9 Å². The third kappa shape index (κ3) is 3.88. The van der Waals surface area contributed by atoms with E-state index in [2.05, 4.69) is 20.6 Å². The fourth-order valence-corrected chi connectivity index (χ4v) is 3.66. The summed E-state index contributed by atoms with van der Waals surface area (Å²) in [6, 6.07) is 10.8. The minimum absolute atomic E-state index is 0.237. The van der Waals surface area contributed by atoms with Crippen LogP contribution in [0.2, 0.25) is 0 Å². The first-order chi connectivity index (χ1) is 14.0. The van der Waals surface area contributed by atoms with E-state index < -0.39 is 11.8 Å². The van der Waals surface area contributed by atoms with Gasteiger partial charge in [0.25, 0.3) is 5.91 Å². The third-order valence-corrected chi connectivity index (χ3v) is 5.12. The molecular weight excluding hydrogens is 368 g/mol. The number of hydrogen-bond donors (Lipinski definition) is 4. The number of nitrogens with one attached hydrogen (secondary N) is 2. The van der Waals surface area contributed by atoms with Crippen molar-refractivity contribution in [2.24, 2.45) is 11.5 Å². The van der Waals surface area contributed by atoms with E-state index in [4.69, 9.17) is 11.5 Å². The topological polar surface area (TPSA) is 136 Å². The van der Waals surface area contributed by atoms with Gasteiger partial charge in [0, 0.05) is 23.5 Å². The number of nitrogens with zero attached hydrogens (tertiary/aromatic N) is 2. The predicted octanol–water partition coefficient (Wildman–Crippen LogP) is 1.66. The summed E-state index contributed by atoms with van der Waals surface area (Å²) in [5, 5.41) is 7.52. The molecule has 0 spiro atoms. The Labute approximate surface area is 167 Å². The largest absolute Gasteiger partial charge is 0.366 e. The second-order valence-electron chi connectivity index (χ2n) is 7.14. The number of piperidine rings is 1. The Morgan fingerprint density at radius 1 is 1.07 bits per heavy atom. The maximum Gasteiger partial charge on any atom is 0.250 e. The zero-order valence-corrected chi connectivity index (χ0v) is 15.8. The molecule has 1 aliphatic heterocycles. The number of carbonyl (C=O) groups excluding carboxylic acids is 2. The highest BCUT2D eigenvalue weighted by atomic mass is 16.1. The quantitative estimate of drug-likeness (QED) is 0.523. The fourth-order valence-electron chi connectivity index (χ4n) is 3.66. The molecule has 8 heteroatoms. The molecule has 2 aromatic carbocycles. The molecule has 0 radical (unpaired) electrons. The first kappa shape index (κ1) is 18.8. The van der Waals surface area contributed by atoms with Crippen molar-refractivity contribution < 1.29 is 9.59 Å². The van der Waals surface area contributed by atoms with Crippen LogP contribution in [0.5, 0.6) is 0 Å². The van der Waals surface area contributed by atoms with Crippen LogP contribution in [0, 0.1) is 0 Å². The van der Waals surface area contributed by atoms with Crippen LogP contribution in [0.4, 0.5) is 5.82 Å². The van der Waals surface area contributed by atoms with Crippen molar-refractivity contribution in [2.75, 3.05) is 18.4 Å². The molecule has 29 heavy (non-hydrogen) atoms.